The molecule has 24 heavy (non-hydrogen) atoms. The number of amides is 2. The zero-order valence-corrected chi connectivity index (χ0v) is 14.2. The molecule has 2 N–H and O–H groups in total. The molecule has 0 unspecified atom stereocenters. The molecule has 2 aromatic carbocycles. The van der Waals surface area contributed by atoms with E-state index < -0.39 is 5.82 Å². The molecule has 5 heteroatoms. The molecule has 0 fully saturated rings. The van der Waals surface area contributed by atoms with Gasteiger partial charge in [0.1, 0.15) is 6.61 Å². The second-order valence-electron chi connectivity index (χ2n) is 6.49. The second-order valence-corrected chi connectivity index (χ2v) is 6.49. The summed E-state index contributed by atoms with van der Waals surface area (Å²) in [5, 5.41) is 5.42. The molecular formula is C19H23FN2O2. The number of hydrogen-bond acceptors (Lipinski definition) is 2. The van der Waals surface area contributed by atoms with Crippen LogP contribution in [0.3, 0.4) is 0 Å². The Morgan fingerprint density at radius 1 is 1.08 bits per heavy atom. The Bertz CT molecular complexity index is 679. The molecule has 0 radical (unpaired) electrons. The zero-order valence-electron chi connectivity index (χ0n) is 14.2. The summed E-state index contributed by atoms with van der Waals surface area (Å²) in [6.45, 7) is 6.88. The third-order valence-electron chi connectivity index (χ3n) is 3.49. The van der Waals surface area contributed by atoms with Gasteiger partial charge in [-0.05, 0) is 35.2 Å². The van der Waals surface area contributed by atoms with E-state index in [-0.39, 0.29) is 30.3 Å². The number of ether oxygens (including phenoxy) is 1. The molecule has 0 aliphatic rings. The highest BCUT2D eigenvalue weighted by atomic mass is 19.1. The first-order chi connectivity index (χ1) is 11.4. The van der Waals surface area contributed by atoms with Gasteiger partial charge in [0.05, 0.1) is 6.54 Å². The van der Waals surface area contributed by atoms with E-state index in [1.54, 1.807) is 18.2 Å². The molecule has 0 spiro atoms. The molecule has 0 aliphatic heterocycles. The van der Waals surface area contributed by atoms with Gasteiger partial charge >= 0.3 is 6.03 Å². The Morgan fingerprint density at radius 3 is 2.38 bits per heavy atom. The third-order valence-corrected chi connectivity index (χ3v) is 3.49. The lowest BCUT2D eigenvalue weighted by Gasteiger charge is -2.19. The highest BCUT2D eigenvalue weighted by Gasteiger charge is 2.13. The lowest BCUT2D eigenvalue weighted by Crippen LogP contribution is -2.32. The van der Waals surface area contributed by atoms with Crippen LogP contribution in [-0.4, -0.2) is 19.2 Å². The normalized spacial score (nSPS) is 11.0. The highest BCUT2D eigenvalue weighted by molar-refractivity contribution is 5.89. The molecule has 2 aromatic rings. The van der Waals surface area contributed by atoms with Crippen LogP contribution in [0.1, 0.15) is 26.3 Å². The van der Waals surface area contributed by atoms with E-state index >= 15 is 0 Å². The SMILES string of the molecule is CC(C)(C)c1ccc(NC(=O)NCCOc2ccccc2F)cc1. The lowest BCUT2D eigenvalue weighted by atomic mass is 9.87. The molecule has 2 rings (SSSR count). The third kappa shape index (κ3) is 5.26. The number of urea groups is 1. The summed E-state index contributed by atoms with van der Waals surface area (Å²) in [5.41, 5.74) is 1.99. The van der Waals surface area contributed by atoms with Crippen LogP contribution in [0.25, 0.3) is 0 Å². The molecule has 0 saturated heterocycles. The zero-order chi connectivity index (χ0) is 17.6. The number of nitrogens with one attached hydrogen (secondary N) is 2. The Labute approximate surface area is 142 Å². The van der Waals surface area contributed by atoms with E-state index in [1.165, 1.54) is 11.6 Å². The van der Waals surface area contributed by atoms with E-state index in [0.29, 0.717) is 0 Å². The van der Waals surface area contributed by atoms with E-state index in [1.807, 2.05) is 24.3 Å². The maximum absolute atomic E-state index is 13.4. The first kappa shape index (κ1) is 17.8. The number of carbonyl (C=O) groups excluding carboxylic acids is 1. The number of anilines is 1. The fourth-order valence-corrected chi connectivity index (χ4v) is 2.12. The van der Waals surface area contributed by atoms with Gasteiger partial charge in [-0.25, -0.2) is 9.18 Å². The largest absolute Gasteiger partial charge is 0.489 e. The first-order valence-corrected chi connectivity index (χ1v) is 7.89. The first-order valence-electron chi connectivity index (χ1n) is 7.89. The van der Waals surface area contributed by atoms with Crippen molar-refractivity contribution in [3.63, 3.8) is 0 Å². The van der Waals surface area contributed by atoms with E-state index in [0.717, 1.165) is 5.69 Å². The van der Waals surface area contributed by atoms with Crippen molar-refractivity contribution in [2.24, 2.45) is 0 Å². The van der Waals surface area contributed by atoms with Gasteiger partial charge in [0.15, 0.2) is 11.6 Å². The summed E-state index contributed by atoms with van der Waals surface area (Å²) >= 11 is 0. The van der Waals surface area contributed by atoms with Crippen molar-refractivity contribution < 1.29 is 13.9 Å². The standard InChI is InChI=1S/C19H23FN2O2/c1-19(2,3)14-8-10-15(11-9-14)22-18(23)21-12-13-24-17-7-5-4-6-16(17)20/h4-11H,12-13H2,1-3H3,(H2,21,22,23). The van der Waals surface area contributed by atoms with Crippen molar-refractivity contribution >= 4 is 11.7 Å². The maximum atomic E-state index is 13.4. The van der Waals surface area contributed by atoms with Gasteiger partial charge in [0.25, 0.3) is 0 Å². The second kappa shape index (κ2) is 7.81. The minimum atomic E-state index is -0.416. The van der Waals surface area contributed by atoms with Gasteiger partial charge in [0.2, 0.25) is 0 Å². The predicted molar refractivity (Wildman–Crippen MR) is 94.1 cm³/mol. The van der Waals surface area contributed by atoms with Gasteiger partial charge in [-0.15, -0.1) is 0 Å². The van der Waals surface area contributed by atoms with Crippen LogP contribution in [0, 0.1) is 5.82 Å². The minimum Gasteiger partial charge on any atom is -0.489 e. The van der Waals surface area contributed by atoms with Crippen LogP contribution in [0.15, 0.2) is 48.5 Å². The lowest BCUT2D eigenvalue weighted by molar-refractivity contribution is 0.246. The quantitative estimate of drug-likeness (QED) is 0.802. The Hall–Kier alpha value is -2.56. The van der Waals surface area contributed by atoms with Crippen molar-refractivity contribution in [1.82, 2.24) is 5.32 Å². The van der Waals surface area contributed by atoms with Gasteiger partial charge in [-0.2, -0.15) is 0 Å². The molecule has 0 heterocycles. The molecular weight excluding hydrogens is 307 g/mol. The van der Waals surface area contributed by atoms with Gasteiger partial charge in [0, 0.05) is 5.69 Å². The molecule has 0 aromatic heterocycles. The Morgan fingerprint density at radius 2 is 1.75 bits per heavy atom. The number of hydrogen-bond donors (Lipinski definition) is 2. The Balaban J connectivity index is 1.74. The molecule has 4 nitrogen and oxygen atoms in total. The number of para-hydroxylation sites is 1. The summed E-state index contributed by atoms with van der Waals surface area (Å²) < 4.78 is 18.6. The van der Waals surface area contributed by atoms with Crippen LogP contribution < -0.4 is 15.4 Å². The summed E-state index contributed by atoms with van der Waals surface area (Å²) in [7, 11) is 0. The topological polar surface area (TPSA) is 50.4 Å². The predicted octanol–water partition coefficient (Wildman–Crippen LogP) is 4.32. The number of carbonyl (C=O) groups is 1. The number of benzene rings is 2. The average Bonchev–Trinajstić information content (AvgIpc) is 2.53. The number of rotatable bonds is 5. The van der Waals surface area contributed by atoms with Crippen LogP contribution >= 0.6 is 0 Å². The molecule has 0 bridgehead atoms. The average molecular weight is 330 g/mol. The van der Waals surface area contributed by atoms with Crippen LogP contribution in [0.4, 0.5) is 14.9 Å². The van der Waals surface area contributed by atoms with Crippen molar-refractivity contribution in [1.29, 1.82) is 0 Å². The molecule has 2 amide bonds. The van der Waals surface area contributed by atoms with E-state index in [2.05, 4.69) is 31.4 Å². The van der Waals surface area contributed by atoms with Gasteiger partial charge in [-0.3, -0.25) is 0 Å². The van der Waals surface area contributed by atoms with Crippen molar-refractivity contribution in [3.8, 4) is 5.75 Å². The number of halogens is 1. The summed E-state index contributed by atoms with van der Waals surface area (Å²) in [5.74, 6) is -0.238. The fraction of sp³-hybridized carbons (Fsp3) is 0.316. The minimum absolute atomic E-state index is 0.0742. The van der Waals surface area contributed by atoms with Crippen molar-refractivity contribution in [2.75, 3.05) is 18.5 Å². The van der Waals surface area contributed by atoms with E-state index in [9.17, 15) is 9.18 Å². The molecule has 0 aliphatic carbocycles. The van der Waals surface area contributed by atoms with Crippen LogP contribution in [-0.2, 0) is 5.41 Å². The molecule has 0 saturated carbocycles. The van der Waals surface area contributed by atoms with Crippen LogP contribution in [0.5, 0.6) is 5.75 Å². The summed E-state index contributed by atoms with van der Waals surface area (Å²) in [6, 6.07) is 13.6. The molecule has 0 atom stereocenters. The van der Waals surface area contributed by atoms with Crippen molar-refractivity contribution in [2.45, 2.75) is 26.2 Å². The molecule has 128 valence electrons. The summed E-state index contributed by atoms with van der Waals surface area (Å²) in [4.78, 5) is 11.8. The summed E-state index contributed by atoms with van der Waals surface area (Å²) in [6.07, 6.45) is 0. The van der Waals surface area contributed by atoms with Crippen LogP contribution in [0.2, 0.25) is 0 Å². The fourth-order valence-electron chi connectivity index (χ4n) is 2.12. The highest BCUT2D eigenvalue weighted by Crippen LogP contribution is 2.23. The Kier molecular flexibility index (Phi) is 5.79. The van der Waals surface area contributed by atoms with E-state index in [4.69, 9.17) is 4.74 Å². The maximum Gasteiger partial charge on any atom is 0.319 e. The smallest absolute Gasteiger partial charge is 0.319 e. The van der Waals surface area contributed by atoms with Gasteiger partial charge < -0.3 is 15.4 Å². The monoisotopic (exact) mass is 330 g/mol. The van der Waals surface area contributed by atoms with Gasteiger partial charge in [-0.1, -0.05) is 45.0 Å². The van der Waals surface area contributed by atoms with Crippen molar-refractivity contribution in [3.05, 3.63) is 59.9 Å².